The molecule has 26 heavy (non-hydrogen) atoms. The predicted molar refractivity (Wildman–Crippen MR) is 105 cm³/mol. The molecule has 0 saturated carbocycles. The van der Waals surface area contributed by atoms with Gasteiger partial charge in [-0.1, -0.05) is 0 Å². The number of piperidine rings is 1. The van der Waals surface area contributed by atoms with Crippen molar-refractivity contribution in [3.05, 3.63) is 51.6 Å². The first kappa shape index (κ1) is 17.6. The number of ether oxygens (including phenoxy) is 1. The fraction of sp³-hybridized carbons (Fsp3) is 0.368. The Morgan fingerprint density at radius 2 is 2.27 bits per heavy atom. The van der Waals surface area contributed by atoms with E-state index in [4.69, 9.17) is 16.5 Å². The number of halogens is 2. The number of benzene rings is 1. The van der Waals surface area contributed by atoms with Crippen molar-refractivity contribution >= 4 is 34.5 Å². The van der Waals surface area contributed by atoms with E-state index in [1.165, 1.54) is 17.0 Å². The van der Waals surface area contributed by atoms with E-state index >= 15 is 0 Å². The normalized spacial score (nSPS) is 20.1. The summed E-state index contributed by atoms with van der Waals surface area (Å²) in [6, 6.07) is 6.70. The second-order valence-electron chi connectivity index (χ2n) is 6.59. The van der Waals surface area contributed by atoms with E-state index in [-0.39, 0.29) is 11.9 Å². The summed E-state index contributed by atoms with van der Waals surface area (Å²) in [4.78, 5) is 1.20. The molecule has 0 amide bonds. The summed E-state index contributed by atoms with van der Waals surface area (Å²) in [5.41, 5.74) is 3.75. The largest absolute Gasteiger partial charge is 0.487 e. The molecule has 1 atom stereocenters. The van der Waals surface area contributed by atoms with Gasteiger partial charge in [-0.05, 0) is 49.9 Å². The number of hydrogen-bond acceptors (Lipinski definition) is 5. The van der Waals surface area contributed by atoms with E-state index in [1.54, 1.807) is 21.8 Å². The molecular weight excluding hydrogens is 373 g/mol. The summed E-state index contributed by atoms with van der Waals surface area (Å²) < 4.78 is 21.7. The van der Waals surface area contributed by atoms with Gasteiger partial charge in [0.05, 0.1) is 23.6 Å². The highest BCUT2D eigenvalue weighted by Gasteiger charge is 2.24. The van der Waals surface area contributed by atoms with Crippen LogP contribution in [0.5, 0.6) is 5.75 Å². The third-order valence-corrected chi connectivity index (χ3v) is 6.05. The number of thiophene rings is 1. The van der Waals surface area contributed by atoms with Crippen molar-refractivity contribution in [3.8, 4) is 5.75 Å². The van der Waals surface area contributed by atoms with E-state index in [9.17, 15) is 4.39 Å². The molecule has 1 aromatic heterocycles. The minimum absolute atomic E-state index is 0.0498. The zero-order chi connectivity index (χ0) is 18.1. The van der Waals surface area contributed by atoms with Crippen molar-refractivity contribution in [1.29, 1.82) is 0 Å². The van der Waals surface area contributed by atoms with Gasteiger partial charge >= 0.3 is 0 Å². The third-order valence-electron chi connectivity index (χ3n) is 4.77. The van der Waals surface area contributed by atoms with Crippen molar-refractivity contribution in [3.63, 3.8) is 0 Å². The van der Waals surface area contributed by atoms with Crippen LogP contribution in [0.25, 0.3) is 5.70 Å². The van der Waals surface area contributed by atoms with E-state index in [1.807, 2.05) is 6.92 Å². The fourth-order valence-electron chi connectivity index (χ4n) is 3.34. The Labute approximate surface area is 161 Å². The van der Waals surface area contributed by atoms with Gasteiger partial charge in [0, 0.05) is 34.8 Å². The van der Waals surface area contributed by atoms with Crippen LogP contribution in [0.3, 0.4) is 0 Å². The minimum atomic E-state index is -0.307. The first-order valence-electron chi connectivity index (χ1n) is 8.76. The lowest BCUT2D eigenvalue weighted by atomic mass is 10.1. The maximum Gasteiger partial charge on any atom is 0.146 e. The molecule has 0 spiro atoms. The summed E-state index contributed by atoms with van der Waals surface area (Å²) in [6.45, 7) is 4.45. The molecule has 3 heterocycles. The van der Waals surface area contributed by atoms with Gasteiger partial charge in [-0.2, -0.15) is 0 Å². The molecule has 138 valence electrons. The lowest BCUT2D eigenvalue weighted by Gasteiger charge is -2.28. The van der Waals surface area contributed by atoms with Crippen molar-refractivity contribution in [2.45, 2.75) is 32.4 Å². The molecule has 1 fully saturated rings. The van der Waals surface area contributed by atoms with Crippen LogP contribution in [-0.4, -0.2) is 23.6 Å². The molecule has 0 bridgehead atoms. The summed E-state index contributed by atoms with van der Waals surface area (Å²) in [6.07, 6.45) is 2.08. The molecule has 1 aromatic carbocycles. The first-order valence-corrected chi connectivity index (χ1v) is 9.98. The maximum absolute atomic E-state index is 13.8. The average Bonchev–Trinajstić information content (AvgIpc) is 3.09. The second kappa shape index (κ2) is 7.47. The quantitative estimate of drug-likeness (QED) is 0.732. The van der Waals surface area contributed by atoms with Gasteiger partial charge in [0.15, 0.2) is 0 Å². The Bertz CT molecular complexity index is 832. The molecule has 0 unspecified atom stereocenters. The van der Waals surface area contributed by atoms with Gasteiger partial charge in [0.25, 0.3) is 0 Å². The zero-order valence-corrected chi connectivity index (χ0v) is 16.1. The van der Waals surface area contributed by atoms with Crippen LogP contribution >= 0.6 is 23.1 Å². The van der Waals surface area contributed by atoms with Gasteiger partial charge in [-0.15, -0.1) is 11.3 Å². The Balaban J connectivity index is 1.64. The van der Waals surface area contributed by atoms with Crippen molar-refractivity contribution in [1.82, 2.24) is 9.74 Å². The molecule has 2 aromatic rings. The summed E-state index contributed by atoms with van der Waals surface area (Å²) >= 11 is 8.06. The van der Waals surface area contributed by atoms with Crippen LogP contribution in [0.1, 0.15) is 30.2 Å². The van der Waals surface area contributed by atoms with E-state index in [2.05, 4.69) is 22.1 Å². The van der Waals surface area contributed by atoms with Gasteiger partial charge in [-0.25, -0.2) is 4.39 Å². The predicted octanol–water partition coefficient (Wildman–Crippen LogP) is 4.79. The zero-order valence-electron chi connectivity index (χ0n) is 14.5. The number of hydrogen-bond donors (Lipinski definition) is 2. The summed E-state index contributed by atoms with van der Waals surface area (Å²) in [5.74, 6) is 0.223. The highest BCUT2D eigenvalue weighted by molar-refractivity contribution is 7.10. The molecule has 2 aliphatic rings. The van der Waals surface area contributed by atoms with Gasteiger partial charge < -0.3 is 15.4 Å². The summed E-state index contributed by atoms with van der Waals surface area (Å²) in [7, 11) is 0. The van der Waals surface area contributed by atoms with Crippen LogP contribution in [0, 0.1) is 5.82 Å². The fourth-order valence-corrected chi connectivity index (χ4v) is 4.48. The van der Waals surface area contributed by atoms with Crippen LogP contribution in [-0.2, 0) is 6.54 Å². The Hall–Kier alpha value is -1.76. The molecule has 4 nitrogen and oxygen atoms in total. The van der Waals surface area contributed by atoms with E-state index in [0.29, 0.717) is 12.3 Å². The van der Waals surface area contributed by atoms with Gasteiger partial charge in [0.2, 0.25) is 0 Å². The number of fused-ring (bicyclic) bond motifs is 1. The van der Waals surface area contributed by atoms with Crippen molar-refractivity contribution in [2.24, 2.45) is 0 Å². The van der Waals surface area contributed by atoms with E-state index in [0.717, 1.165) is 48.6 Å². The number of rotatable bonds is 4. The number of nitrogens with one attached hydrogen (secondary N) is 2. The van der Waals surface area contributed by atoms with Gasteiger partial charge in [0.1, 0.15) is 17.7 Å². The lowest BCUT2D eigenvalue weighted by Crippen LogP contribution is -2.37. The lowest BCUT2D eigenvalue weighted by molar-refractivity contribution is 0.167. The molecule has 2 aliphatic heterocycles. The molecule has 1 saturated heterocycles. The molecule has 7 heteroatoms. The Morgan fingerprint density at radius 3 is 3.08 bits per heavy atom. The van der Waals surface area contributed by atoms with Crippen LogP contribution < -0.4 is 15.4 Å². The summed E-state index contributed by atoms with van der Waals surface area (Å²) in [5, 5.41) is 8.82. The standard InChI is InChI=1S/C19H21ClFN3OS/c1-12-19(15-6-8-26-18(15)11-24(12)20)23-16-5-4-13(21)9-17(16)25-14-3-2-7-22-10-14/h4-6,8-9,14,22-23H,2-3,7,10-11H2,1H3/t14-/m1/s1. The smallest absolute Gasteiger partial charge is 0.146 e. The first-order chi connectivity index (χ1) is 12.6. The molecule has 0 radical (unpaired) electrons. The molecule has 2 N–H and O–H groups in total. The number of nitrogens with zero attached hydrogens (tertiary/aromatic N) is 1. The second-order valence-corrected chi connectivity index (χ2v) is 8.00. The van der Waals surface area contributed by atoms with Crippen molar-refractivity contribution in [2.75, 3.05) is 18.4 Å². The van der Waals surface area contributed by atoms with Crippen LogP contribution in [0.2, 0.25) is 0 Å². The van der Waals surface area contributed by atoms with Crippen molar-refractivity contribution < 1.29 is 9.13 Å². The number of allylic oxidation sites excluding steroid dienone is 1. The SMILES string of the molecule is CC1=C(Nc2ccc(F)cc2O[C@@H]2CCCNC2)c2ccsc2CN1Cl. The van der Waals surface area contributed by atoms with Crippen LogP contribution in [0.4, 0.5) is 10.1 Å². The monoisotopic (exact) mass is 393 g/mol. The highest BCUT2D eigenvalue weighted by atomic mass is 35.5. The molecule has 0 aliphatic carbocycles. The maximum atomic E-state index is 13.8. The average molecular weight is 394 g/mol. The number of anilines is 1. The highest BCUT2D eigenvalue weighted by Crippen LogP contribution is 2.38. The minimum Gasteiger partial charge on any atom is -0.487 e. The van der Waals surface area contributed by atoms with E-state index < -0.39 is 0 Å². The third kappa shape index (κ3) is 3.54. The van der Waals surface area contributed by atoms with Gasteiger partial charge in [-0.3, -0.25) is 4.42 Å². The van der Waals surface area contributed by atoms with Crippen LogP contribution in [0.15, 0.2) is 35.3 Å². The Morgan fingerprint density at radius 1 is 1.38 bits per heavy atom. The Kier molecular flexibility index (Phi) is 5.07. The molecular formula is C19H21ClFN3OS. The topological polar surface area (TPSA) is 36.5 Å². The molecule has 4 rings (SSSR count).